The molecule has 0 radical (unpaired) electrons. The first-order valence-corrected chi connectivity index (χ1v) is 13.3. The molecule has 2 heterocycles. The van der Waals surface area contributed by atoms with Crippen molar-refractivity contribution in [1.29, 1.82) is 0 Å². The van der Waals surface area contributed by atoms with Crippen LogP contribution in [0.3, 0.4) is 0 Å². The van der Waals surface area contributed by atoms with Crippen LogP contribution < -0.4 is 15.0 Å². The molecule has 1 saturated carbocycles. The summed E-state index contributed by atoms with van der Waals surface area (Å²) in [5, 5.41) is 2.96. The zero-order valence-corrected chi connectivity index (χ0v) is 21.5. The largest absolute Gasteiger partial charge is 0.496 e. The van der Waals surface area contributed by atoms with Crippen LogP contribution in [0.2, 0.25) is 0 Å². The Balaban J connectivity index is 1.24. The number of benzene rings is 2. The molecule has 37 heavy (non-hydrogen) atoms. The highest BCUT2D eigenvalue weighted by Gasteiger charge is 2.54. The summed E-state index contributed by atoms with van der Waals surface area (Å²) in [6.07, 6.45) is 4.89. The van der Waals surface area contributed by atoms with Crippen LogP contribution in [0.15, 0.2) is 54.6 Å². The van der Waals surface area contributed by atoms with E-state index >= 15 is 0 Å². The number of rotatable bonds is 8. The van der Waals surface area contributed by atoms with Crippen molar-refractivity contribution in [2.45, 2.75) is 44.1 Å². The third-order valence-electron chi connectivity index (χ3n) is 8.18. The minimum absolute atomic E-state index is 0.0144. The van der Waals surface area contributed by atoms with Gasteiger partial charge in [0.2, 0.25) is 11.8 Å². The van der Waals surface area contributed by atoms with E-state index in [1.165, 1.54) is 0 Å². The van der Waals surface area contributed by atoms with Gasteiger partial charge >= 0.3 is 0 Å². The van der Waals surface area contributed by atoms with E-state index in [1.54, 1.807) is 12.0 Å². The third kappa shape index (κ3) is 5.02. The summed E-state index contributed by atoms with van der Waals surface area (Å²) in [6, 6.07) is 17.7. The number of hydrogen-bond donors (Lipinski definition) is 1. The van der Waals surface area contributed by atoms with Crippen molar-refractivity contribution < 1.29 is 19.1 Å². The SMILES string of the molecule is COc1ccccc1CCNC(=O)CN1CN(c2ccccc2)C2(CCN(C(=O)C3CCC3)CC2)C1=O. The van der Waals surface area contributed by atoms with Gasteiger partial charge in [-0.15, -0.1) is 0 Å². The number of amides is 3. The van der Waals surface area contributed by atoms with Crippen LogP contribution in [0.5, 0.6) is 5.75 Å². The predicted octanol–water partition coefficient (Wildman–Crippen LogP) is 2.82. The fraction of sp³-hybridized carbons (Fsp3) is 0.483. The summed E-state index contributed by atoms with van der Waals surface area (Å²) in [4.78, 5) is 45.3. The van der Waals surface area contributed by atoms with Gasteiger partial charge in [0.05, 0.1) is 13.8 Å². The molecular weight excluding hydrogens is 468 g/mol. The Morgan fingerprint density at radius 3 is 2.41 bits per heavy atom. The van der Waals surface area contributed by atoms with Gasteiger partial charge in [0.1, 0.15) is 17.8 Å². The number of anilines is 1. The monoisotopic (exact) mass is 504 g/mol. The Labute approximate surface area is 218 Å². The van der Waals surface area contributed by atoms with E-state index in [1.807, 2.05) is 59.5 Å². The highest BCUT2D eigenvalue weighted by atomic mass is 16.5. The van der Waals surface area contributed by atoms with Crippen molar-refractivity contribution in [3.05, 3.63) is 60.2 Å². The molecule has 1 N–H and O–H groups in total. The number of hydrogen-bond acceptors (Lipinski definition) is 5. The van der Waals surface area contributed by atoms with Gasteiger partial charge in [0, 0.05) is 31.2 Å². The molecule has 3 aliphatic rings. The summed E-state index contributed by atoms with van der Waals surface area (Å²) in [6.45, 7) is 1.99. The van der Waals surface area contributed by atoms with Crippen LogP contribution in [0.4, 0.5) is 5.69 Å². The number of piperidine rings is 1. The highest BCUT2D eigenvalue weighted by Crippen LogP contribution is 2.40. The van der Waals surface area contributed by atoms with Crippen LogP contribution in [-0.2, 0) is 20.8 Å². The van der Waals surface area contributed by atoms with E-state index in [0.29, 0.717) is 45.6 Å². The molecule has 2 saturated heterocycles. The second-order valence-corrected chi connectivity index (χ2v) is 10.3. The first-order valence-electron chi connectivity index (χ1n) is 13.3. The average molecular weight is 505 g/mol. The topological polar surface area (TPSA) is 82.2 Å². The number of nitrogens with zero attached hydrogens (tertiary/aromatic N) is 3. The highest BCUT2D eigenvalue weighted by molar-refractivity contribution is 5.96. The van der Waals surface area contributed by atoms with Crippen molar-refractivity contribution in [1.82, 2.24) is 15.1 Å². The van der Waals surface area contributed by atoms with Gasteiger partial charge in [0.25, 0.3) is 5.91 Å². The fourth-order valence-electron chi connectivity index (χ4n) is 5.81. The van der Waals surface area contributed by atoms with Crippen molar-refractivity contribution >= 4 is 23.4 Å². The molecule has 0 aromatic heterocycles. The quantitative estimate of drug-likeness (QED) is 0.598. The molecule has 2 aromatic rings. The minimum Gasteiger partial charge on any atom is -0.496 e. The normalized spacial score (nSPS) is 19.2. The maximum atomic E-state index is 13.8. The molecule has 0 unspecified atom stereocenters. The molecule has 5 rings (SSSR count). The lowest BCUT2D eigenvalue weighted by Gasteiger charge is -2.44. The van der Waals surface area contributed by atoms with Crippen molar-refractivity contribution in [2.75, 3.05) is 44.9 Å². The Morgan fingerprint density at radius 1 is 1.03 bits per heavy atom. The number of ether oxygens (including phenoxy) is 1. The number of likely N-dealkylation sites (tertiary alicyclic amines) is 1. The van der Waals surface area contributed by atoms with Gasteiger partial charge in [0.15, 0.2) is 0 Å². The van der Waals surface area contributed by atoms with Gasteiger partial charge in [-0.2, -0.15) is 0 Å². The first kappa shape index (κ1) is 25.1. The van der Waals surface area contributed by atoms with E-state index in [-0.39, 0.29) is 30.2 Å². The van der Waals surface area contributed by atoms with Gasteiger partial charge in [-0.1, -0.05) is 42.8 Å². The van der Waals surface area contributed by atoms with Gasteiger partial charge in [-0.05, 0) is 55.9 Å². The van der Waals surface area contributed by atoms with E-state index in [4.69, 9.17) is 4.74 Å². The number of carbonyl (C=O) groups excluding carboxylic acids is 3. The summed E-state index contributed by atoms with van der Waals surface area (Å²) in [5.74, 6) is 1.01. The second-order valence-electron chi connectivity index (χ2n) is 10.3. The van der Waals surface area contributed by atoms with Crippen LogP contribution in [-0.4, -0.2) is 73.0 Å². The predicted molar refractivity (Wildman–Crippen MR) is 141 cm³/mol. The van der Waals surface area contributed by atoms with Crippen molar-refractivity contribution in [3.8, 4) is 5.75 Å². The van der Waals surface area contributed by atoms with Crippen molar-refractivity contribution in [3.63, 3.8) is 0 Å². The lowest BCUT2D eigenvalue weighted by molar-refractivity contribution is -0.143. The lowest BCUT2D eigenvalue weighted by atomic mass is 9.81. The lowest BCUT2D eigenvalue weighted by Crippen LogP contribution is -2.58. The minimum atomic E-state index is -0.727. The van der Waals surface area contributed by atoms with Crippen LogP contribution in [0, 0.1) is 5.92 Å². The standard InChI is InChI=1S/C29H36N4O4/c1-37-25-13-6-5-8-22(25)14-17-30-26(34)20-32-21-33(24-11-3-2-4-12-24)29(28(32)36)15-18-31(19-16-29)27(35)23-9-7-10-23/h2-6,8,11-13,23H,7,9-10,14-21H2,1H3,(H,30,34). The molecule has 8 heteroatoms. The maximum absolute atomic E-state index is 13.8. The Morgan fingerprint density at radius 2 is 1.73 bits per heavy atom. The second kappa shape index (κ2) is 10.8. The summed E-state index contributed by atoms with van der Waals surface area (Å²) in [5.41, 5.74) is 1.27. The smallest absolute Gasteiger partial charge is 0.250 e. The van der Waals surface area contributed by atoms with Gasteiger partial charge in [-0.3, -0.25) is 14.4 Å². The number of nitrogens with one attached hydrogen (secondary N) is 1. The molecule has 2 aromatic carbocycles. The number of methoxy groups -OCH3 is 1. The van der Waals surface area contributed by atoms with Crippen LogP contribution >= 0.6 is 0 Å². The van der Waals surface area contributed by atoms with E-state index in [9.17, 15) is 14.4 Å². The molecule has 0 bridgehead atoms. The summed E-state index contributed by atoms with van der Waals surface area (Å²) >= 11 is 0. The molecule has 196 valence electrons. The van der Waals surface area contributed by atoms with E-state index in [0.717, 1.165) is 36.3 Å². The zero-order chi connectivity index (χ0) is 25.8. The fourth-order valence-corrected chi connectivity index (χ4v) is 5.81. The van der Waals surface area contributed by atoms with Gasteiger partial charge < -0.3 is 24.8 Å². The van der Waals surface area contributed by atoms with Crippen molar-refractivity contribution in [2.24, 2.45) is 5.92 Å². The first-order chi connectivity index (χ1) is 18.0. The third-order valence-corrected chi connectivity index (χ3v) is 8.18. The zero-order valence-electron chi connectivity index (χ0n) is 21.5. The molecule has 3 amide bonds. The summed E-state index contributed by atoms with van der Waals surface area (Å²) < 4.78 is 5.39. The number of para-hydroxylation sites is 2. The van der Waals surface area contributed by atoms with Crippen LogP contribution in [0.25, 0.3) is 0 Å². The number of carbonyl (C=O) groups is 3. The Bertz CT molecular complexity index is 1130. The molecule has 3 fully saturated rings. The molecular formula is C29H36N4O4. The van der Waals surface area contributed by atoms with E-state index < -0.39 is 5.54 Å². The van der Waals surface area contributed by atoms with E-state index in [2.05, 4.69) is 10.2 Å². The average Bonchev–Trinajstić information content (AvgIpc) is 3.15. The Kier molecular flexibility index (Phi) is 7.35. The Hall–Kier alpha value is -3.55. The molecule has 2 aliphatic heterocycles. The molecule has 8 nitrogen and oxygen atoms in total. The van der Waals surface area contributed by atoms with Gasteiger partial charge in [-0.25, -0.2) is 0 Å². The summed E-state index contributed by atoms with van der Waals surface area (Å²) in [7, 11) is 1.64. The molecule has 0 atom stereocenters. The maximum Gasteiger partial charge on any atom is 0.250 e. The van der Waals surface area contributed by atoms with Crippen LogP contribution in [0.1, 0.15) is 37.7 Å². The molecule has 1 spiro atoms. The molecule has 1 aliphatic carbocycles.